The molecule has 0 rings (SSSR count). The summed E-state index contributed by atoms with van der Waals surface area (Å²) < 4.78 is 0. The molecule has 0 fully saturated rings. The first-order chi connectivity index (χ1) is 5.98. The summed E-state index contributed by atoms with van der Waals surface area (Å²) >= 11 is 0. The van der Waals surface area contributed by atoms with Crippen LogP contribution in [0.3, 0.4) is 0 Å². The Labute approximate surface area is 80.9 Å². The third kappa shape index (κ3) is 8.28. The van der Waals surface area contributed by atoms with Crippen LogP contribution in [-0.4, -0.2) is 27.9 Å². The Bertz CT molecular complexity index is 126. The van der Waals surface area contributed by atoms with E-state index in [9.17, 15) is 5.11 Å². The maximum absolute atomic E-state index is 9.77. The van der Waals surface area contributed by atoms with Gasteiger partial charge < -0.3 is 15.2 Å². The third-order valence-electron chi connectivity index (χ3n) is 2.26. The minimum atomic E-state index is -1.29. The van der Waals surface area contributed by atoms with Crippen LogP contribution in [0.1, 0.15) is 46.0 Å². The van der Waals surface area contributed by atoms with Gasteiger partial charge in [0.2, 0.25) is 0 Å². The molecular formula is C9H21BO3. The van der Waals surface area contributed by atoms with Crippen molar-refractivity contribution in [1.82, 2.24) is 0 Å². The molecule has 0 aliphatic heterocycles. The summed E-state index contributed by atoms with van der Waals surface area (Å²) in [5, 5.41) is 27.0. The van der Waals surface area contributed by atoms with Crippen molar-refractivity contribution in [2.45, 2.75) is 57.9 Å². The SMILES string of the molecule is CCCCCC(C)(O)CCB(O)O. The Hall–Kier alpha value is -0.0551. The smallest absolute Gasteiger partial charge is 0.427 e. The third-order valence-corrected chi connectivity index (χ3v) is 2.26. The normalized spacial score (nSPS) is 15.5. The molecule has 1 atom stereocenters. The molecule has 0 aromatic carbocycles. The zero-order valence-corrected chi connectivity index (χ0v) is 8.66. The Balaban J connectivity index is 3.54. The van der Waals surface area contributed by atoms with Crippen molar-refractivity contribution in [3.05, 3.63) is 0 Å². The highest BCUT2D eigenvalue weighted by Crippen LogP contribution is 2.20. The highest BCUT2D eigenvalue weighted by atomic mass is 16.4. The molecule has 13 heavy (non-hydrogen) atoms. The molecule has 0 spiro atoms. The van der Waals surface area contributed by atoms with Crippen LogP contribution >= 0.6 is 0 Å². The molecule has 0 heterocycles. The molecule has 78 valence electrons. The fraction of sp³-hybridized carbons (Fsp3) is 1.00. The van der Waals surface area contributed by atoms with Crippen molar-refractivity contribution in [3.63, 3.8) is 0 Å². The van der Waals surface area contributed by atoms with E-state index in [-0.39, 0.29) is 6.32 Å². The van der Waals surface area contributed by atoms with Gasteiger partial charge in [0.1, 0.15) is 0 Å². The van der Waals surface area contributed by atoms with Gasteiger partial charge >= 0.3 is 7.12 Å². The topological polar surface area (TPSA) is 60.7 Å². The van der Waals surface area contributed by atoms with Crippen molar-refractivity contribution in [1.29, 1.82) is 0 Å². The van der Waals surface area contributed by atoms with Gasteiger partial charge in [0.25, 0.3) is 0 Å². The Kier molecular flexibility index (Phi) is 6.38. The average molecular weight is 188 g/mol. The lowest BCUT2D eigenvalue weighted by atomic mass is 9.78. The summed E-state index contributed by atoms with van der Waals surface area (Å²) in [6, 6.07) is 0. The molecule has 0 aliphatic rings. The first kappa shape index (κ1) is 12.9. The number of rotatable bonds is 7. The van der Waals surface area contributed by atoms with E-state index in [2.05, 4.69) is 6.92 Å². The summed E-state index contributed by atoms with van der Waals surface area (Å²) in [5.74, 6) is 0. The van der Waals surface area contributed by atoms with E-state index in [1.807, 2.05) is 0 Å². The van der Waals surface area contributed by atoms with Gasteiger partial charge in [0, 0.05) is 0 Å². The lowest BCUT2D eigenvalue weighted by Crippen LogP contribution is -2.26. The van der Waals surface area contributed by atoms with Crippen LogP contribution in [0.15, 0.2) is 0 Å². The minimum Gasteiger partial charge on any atom is -0.427 e. The number of hydrogen-bond donors (Lipinski definition) is 3. The van der Waals surface area contributed by atoms with E-state index in [1.165, 1.54) is 0 Å². The molecule has 0 amide bonds. The van der Waals surface area contributed by atoms with Gasteiger partial charge in [-0.05, 0) is 26.1 Å². The zero-order chi connectivity index (χ0) is 10.3. The van der Waals surface area contributed by atoms with Crippen LogP contribution in [0.2, 0.25) is 6.32 Å². The summed E-state index contributed by atoms with van der Waals surface area (Å²) in [4.78, 5) is 0. The second kappa shape index (κ2) is 6.41. The summed E-state index contributed by atoms with van der Waals surface area (Å²) in [6.45, 7) is 3.87. The van der Waals surface area contributed by atoms with Gasteiger partial charge in [0.15, 0.2) is 0 Å². The molecule has 1 unspecified atom stereocenters. The number of hydrogen-bond acceptors (Lipinski definition) is 3. The summed E-state index contributed by atoms with van der Waals surface area (Å²) in [7, 11) is -1.29. The predicted octanol–water partition coefficient (Wildman–Crippen LogP) is 1.18. The monoisotopic (exact) mass is 188 g/mol. The van der Waals surface area contributed by atoms with E-state index < -0.39 is 12.7 Å². The molecule has 0 radical (unpaired) electrons. The molecule has 4 heteroatoms. The van der Waals surface area contributed by atoms with Gasteiger partial charge in [0.05, 0.1) is 5.60 Å². The van der Waals surface area contributed by atoms with Crippen LogP contribution in [0.5, 0.6) is 0 Å². The largest absolute Gasteiger partial charge is 0.451 e. The lowest BCUT2D eigenvalue weighted by molar-refractivity contribution is 0.0427. The van der Waals surface area contributed by atoms with Crippen molar-refractivity contribution >= 4 is 7.12 Å². The van der Waals surface area contributed by atoms with Gasteiger partial charge in [-0.1, -0.05) is 26.2 Å². The van der Waals surface area contributed by atoms with E-state index in [0.717, 1.165) is 25.7 Å². The minimum absolute atomic E-state index is 0.249. The van der Waals surface area contributed by atoms with Crippen molar-refractivity contribution in [2.75, 3.05) is 0 Å². The molecule has 0 saturated heterocycles. The van der Waals surface area contributed by atoms with Crippen LogP contribution in [0.25, 0.3) is 0 Å². The molecule has 0 aliphatic carbocycles. The van der Waals surface area contributed by atoms with Gasteiger partial charge in [-0.25, -0.2) is 0 Å². The molecule has 3 N–H and O–H groups in total. The molecule has 0 bridgehead atoms. The Morgan fingerprint density at radius 3 is 2.23 bits per heavy atom. The van der Waals surface area contributed by atoms with E-state index in [4.69, 9.17) is 10.0 Å². The Morgan fingerprint density at radius 2 is 1.77 bits per heavy atom. The molecule has 3 nitrogen and oxygen atoms in total. The predicted molar refractivity (Wildman–Crippen MR) is 54.4 cm³/mol. The van der Waals surface area contributed by atoms with E-state index >= 15 is 0 Å². The van der Waals surface area contributed by atoms with Crippen LogP contribution in [0.4, 0.5) is 0 Å². The summed E-state index contributed by atoms with van der Waals surface area (Å²) in [5.41, 5.74) is -0.737. The van der Waals surface area contributed by atoms with E-state index in [0.29, 0.717) is 6.42 Å². The van der Waals surface area contributed by atoms with Crippen LogP contribution in [0, 0.1) is 0 Å². The second-order valence-corrected chi connectivity index (χ2v) is 3.97. The lowest BCUT2D eigenvalue weighted by Gasteiger charge is -2.22. The molecule has 0 aromatic heterocycles. The maximum Gasteiger partial charge on any atom is 0.451 e. The maximum atomic E-state index is 9.77. The quantitative estimate of drug-likeness (QED) is 0.415. The van der Waals surface area contributed by atoms with Crippen LogP contribution in [-0.2, 0) is 0 Å². The molecular weight excluding hydrogens is 167 g/mol. The summed E-state index contributed by atoms with van der Waals surface area (Å²) in [6.07, 6.45) is 4.71. The van der Waals surface area contributed by atoms with Gasteiger partial charge in [-0.2, -0.15) is 0 Å². The Morgan fingerprint density at radius 1 is 1.15 bits per heavy atom. The standard InChI is InChI=1S/C9H21BO3/c1-3-4-5-6-9(2,11)7-8-10(12)13/h11-13H,3-8H2,1-2H3. The first-order valence-corrected chi connectivity index (χ1v) is 5.06. The van der Waals surface area contributed by atoms with Crippen molar-refractivity contribution in [3.8, 4) is 0 Å². The van der Waals surface area contributed by atoms with Crippen molar-refractivity contribution < 1.29 is 15.2 Å². The van der Waals surface area contributed by atoms with Gasteiger partial charge in [-0.15, -0.1) is 0 Å². The highest BCUT2D eigenvalue weighted by molar-refractivity contribution is 6.40. The molecule has 0 aromatic rings. The number of aliphatic hydroxyl groups is 1. The fourth-order valence-corrected chi connectivity index (χ4v) is 1.32. The van der Waals surface area contributed by atoms with Crippen molar-refractivity contribution in [2.24, 2.45) is 0 Å². The molecule has 0 saturated carbocycles. The number of unbranched alkanes of at least 4 members (excludes halogenated alkanes) is 2. The van der Waals surface area contributed by atoms with Crippen LogP contribution < -0.4 is 0 Å². The van der Waals surface area contributed by atoms with Gasteiger partial charge in [-0.3, -0.25) is 0 Å². The first-order valence-electron chi connectivity index (χ1n) is 5.06. The van der Waals surface area contributed by atoms with E-state index in [1.54, 1.807) is 6.92 Å². The average Bonchev–Trinajstić information content (AvgIpc) is 2.02. The zero-order valence-electron chi connectivity index (χ0n) is 8.66. The highest BCUT2D eigenvalue weighted by Gasteiger charge is 2.21. The second-order valence-electron chi connectivity index (χ2n) is 3.97. The fourth-order valence-electron chi connectivity index (χ4n) is 1.32.